The van der Waals surface area contributed by atoms with Crippen LogP contribution >= 0.6 is 34.5 Å². The third-order valence-electron chi connectivity index (χ3n) is 5.40. The minimum absolute atomic E-state index is 0.0295. The van der Waals surface area contributed by atoms with E-state index in [2.05, 4.69) is 23.9 Å². The van der Waals surface area contributed by atoms with Crippen LogP contribution in [-0.4, -0.2) is 28.7 Å². The lowest BCUT2D eigenvalue weighted by atomic mass is 10.1. The molecule has 0 unspecified atom stereocenters. The molecule has 146 valence electrons. The number of thiazole rings is 1. The number of nitrogens with zero attached hydrogens (tertiary/aromatic N) is 4. The number of anilines is 1. The fourth-order valence-electron chi connectivity index (χ4n) is 3.62. The van der Waals surface area contributed by atoms with Crippen molar-refractivity contribution < 1.29 is 0 Å². The van der Waals surface area contributed by atoms with Gasteiger partial charge in [0.2, 0.25) is 4.96 Å². The van der Waals surface area contributed by atoms with Gasteiger partial charge in [-0.2, -0.15) is 4.52 Å². The highest BCUT2D eigenvalue weighted by atomic mass is 35.5. The van der Waals surface area contributed by atoms with Crippen LogP contribution in [0.3, 0.4) is 0 Å². The molecule has 0 aliphatic heterocycles. The van der Waals surface area contributed by atoms with Gasteiger partial charge in [-0.25, -0.2) is 4.98 Å². The van der Waals surface area contributed by atoms with Gasteiger partial charge in [0, 0.05) is 25.7 Å². The smallest absolute Gasteiger partial charge is 0.291 e. The Hall–Kier alpha value is -1.89. The van der Waals surface area contributed by atoms with E-state index < -0.39 is 0 Å². The first-order chi connectivity index (χ1) is 13.2. The van der Waals surface area contributed by atoms with Gasteiger partial charge in [-0.05, 0) is 41.2 Å². The largest absolute Gasteiger partial charge is 0.378 e. The van der Waals surface area contributed by atoms with Crippen LogP contribution in [0.5, 0.6) is 0 Å². The van der Waals surface area contributed by atoms with E-state index >= 15 is 0 Å². The SMILES string of the molecule is CN(C)c1ccc(/C=c2/sc3nc([C@H]4[C@H](C=C(Cl)Cl)C4(C)C)nn3c2=O)cc1. The molecule has 8 heteroatoms. The van der Waals surface area contributed by atoms with Crippen molar-refractivity contribution in [2.24, 2.45) is 11.3 Å². The molecule has 4 rings (SSSR count). The Kier molecular flexibility index (Phi) is 4.76. The van der Waals surface area contributed by atoms with Crippen molar-refractivity contribution >= 4 is 51.3 Å². The zero-order valence-corrected chi connectivity index (χ0v) is 18.3. The summed E-state index contributed by atoms with van der Waals surface area (Å²) in [5.74, 6) is 0.953. The zero-order valence-electron chi connectivity index (χ0n) is 16.0. The van der Waals surface area contributed by atoms with Crippen LogP contribution in [-0.2, 0) is 0 Å². The first-order valence-electron chi connectivity index (χ1n) is 8.90. The van der Waals surface area contributed by atoms with Gasteiger partial charge in [-0.3, -0.25) is 4.79 Å². The van der Waals surface area contributed by atoms with Crippen LogP contribution in [0, 0.1) is 11.3 Å². The van der Waals surface area contributed by atoms with Gasteiger partial charge >= 0.3 is 0 Å². The van der Waals surface area contributed by atoms with Gasteiger partial charge in [-0.15, -0.1) is 5.10 Å². The number of benzene rings is 1. The summed E-state index contributed by atoms with van der Waals surface area (Å²) in [4.78, 5) is 20.0. The number of hydrogen-bond donors (Lipinski definition) is 0. The molecule has 0 bridgehead atoms. The summed E-state index contributed by atoms with van der Waals surface area (Å²) in [6, 6.07) is 8.04. The molecule has 2 aromatic heterocycles. The van der Waals surface area contributed by atoms with Crippen LogP contribution in [0.2, 0.25) is 0 Å². The predicted octanol–water partition coefficient (Wildman–Crippen LogP) is 3.82. The maximum atomic E-state index is 12.8. The van der Waals surface area contributed by atoms with Crippen molar-refractivity contribution in [3.05, 3.63) is 61.1 Å². The Balaban J connectivity index is 1.68. The van der Waals surface area contributed by atoms with E-state index in [0.29, 0.717) is 15.3 Å². The first kappa shape index (κ1) is 19.4. The van der Waals surface area contributed by atoms with Gasteiger partial charge in [0.1, 0.15) is 4.49 Å². The highest BCUT2D eigenvalue weighted by Crippen LogP contribution is 2.64. The van der Waals surface area contributed by atoms with Crippen molar-refractivity contribution in [1.82, 2.24) is 14.6 Å². The second-order valence-electron chi connectivity index (χ2n) is 7.85. The lowest BCUT2D eigenvalue weighted by Gasteiger charge is -2.11. The quantitative estimate of drug-likeness (QED) is 0.625. The van der Waals surface area contributed by atoms with Crippen LogP contribution in [0.25, 0.3) is 11.0 Å². The van der Waals surface area contributed by atoms with Gasteiger partial charge in [0.25, 0.3) is 5.56 Å². The van der Waals surface area contributed by atoms with Crippen LogP contribution in [0.1, 0.15) is 31.2 Å². The van der Waals surface area contributed by atoms with Crippen LogP contribution < -0.4 is 15.0 Å². The highest BCUT2D eigenvalue weighted by molar-refractivity contribution is 7.15. The Labute approximate surface area is 176 Å². The normalized spacial score (nSPS) is 21.1. The van der Waals surface area contributed by atoms with E-state index in [4.69, 9.17) is 23.2 Å². The van der Waals surface area contributed by atoms with Gasteiger partial charge in [0.15, 0.2) is 5.82 Å². The molecule has 3 aromatic rings. The van der Waals surface area contributed by atoms with Gasteiger partial charge in [0.05, 0.1) is 4.53 Å². The average Bonchev–Trinajstić information content (AvgIpc) is 2.91. The molecule has 0 radical (unpaired) electrons. The third kappa shape index (κ3) is 3.34. The second kappa shape index (κ2) is 6.87. The summed E-state index contributed by atoms with van der Waals surface area (Å²) in [6.07, 6.45) is 3.71. The van der Waals surface area contributed by atoms with Crippen molar-refractivity contribution in [2.75, 3.05) is 19.0 Å². The molecule has 0 amide bonds. The lowest BCUT2D eigenvalue weighted by molar-refractivity contribution is 0.585. The molecule has 5 nitrogen and oxygen atoms in total. The zero-order chi connectivity index (χ0) is 20.2. The maximum absolute atomic E-state index is 12.8. The molecular formula is C20H20Cl2N4OS. The number of fused-ring (bicyclic) bond motifs is 1. The van der Waals surface area contributed by atoms with E-state index in [0.717, 1.165) is 11.3 Å². The van der Waals surface area contributed by atoms with Crippen molar-refractivity contribution in [1.29, 1.82) is 0 Å². The Morgan fingerprint density at radius 2 is 1.93 bits per heavy atom. The molecule has 0 spiro atoms. The van der Waals surface area contributed by atoms with E-state index in [-0.39, 0.29) is 27.3 Å². The standard InChI is InChI=1S/C20H20Cl2N4OS/c1-20(2)13(10-15(21)22)16(20)17-23-19-26(24-17)18(27)14(28-19)9-11-5-7-12(8-6-11)25(3)4/h5-10,13,16H,1-4H3/b14-9+/t13-,16+/m0/s1. The lowest BCUT2D eigenvalue weighted by Crippen LogP contribution is -2.23. The molecule has 2 atom stereocenters. The number of halogens is 2. The Morgan fingerprint density at radius 3 is 2.50 bits per heavy atom. The molecule has 1 aliphatic rings. The Bertz CT molecular complexity index is 1170. The fraction of sp³-hybridized carbons (Fsp3) is 0.350. The molecule has 28 heavy (non-hydrogen) atoms. The summed E-state index contributed by atoms with van der Waals surface area (Å²) in [5, 5.41) is 4.49. The molecule has 1 fully saturated rings. The summed E-state index contributed by atoms with van der Waals surface area (Å²) in [6.45, 7) is 4.25. The molecule has 1 aromatic carbocycles. The molecule has 2 heterocycles. The number of aromatic nitrogens is 3. The molecular weight excluding hydrogens is 415 g/mol. The maximum Gasteiger partial charge on any atom is 0.291 e. The minimum Gasteiger partial charge on any atom is -0.378 e. The molecule has 0 N–H and O–H groups in total. The molecule has 0 saturated heterocycles. The first-order valence-corrected chi connectivity index (χ1v) is 10.5. The van der Waals surface area contributed by atoms with Crippen molar-refractivity contribution in [3.8, 4) is 0 Å². The van der Waals surface area contributed by atoms with E-state index in [1.165, 1.54) is 15.9 Å². The monoisotopic (exact) mass is 434 g/mol. The fourth-order valence-corrected chi connectivity index (χ4v) is 4.80. The average molecular weight is 435 g/mol. The van der Waals surface area contributed by atoms with Crippen molar-refractivity contribution in [3.63, 3.8) is 0 Å². The Morgan fingerprint density at radius 1 is 1.25 bits per heavy atom. The van der Waals surface area contributed by atoms with Gasteiger partial charge < -0.3 is 4.90 Å². The minimum atomic E-state index is -0.142. The topological polar surface area (TPSA) is 50.5 Å². The van der Waals surface area contributed by atoms with Gasteiger partial charge in [-0.1, -0.05) is 60.5 Å². The highest BCUT2D eigenvalue weighted by Gasteiger charge is 2.59. The summed E-state index contributed by atoms with van der Waals surface area (Å²) < 4.78 is 2.27. The number of allylic oxidation sites excluding steroid dienone is 1. The number of hydrogen-bond acceptors (Lipinski definition) is 5. The van der Waals surface area contributed by atoms with E-state index in [1.807, 2.05) is 55.4 Å². The molecule has 1 saturated carbocycles. The van der Waals surface area contributed by atoms with Crippen LogP contribution in [0.15, 0.2) is 39.6 Å². The third-order valence-corrected chi connectivity index (χ3v) is 6.61. The number of rotatable bonds is 4. The van der Waals surface area contributed by atoms with Crippen molar-refractivity contribution in [2.45, 2.75) is 19.8 Å². The predicted molar refractivity (Wildman–Crippen MR) is 116 cm³/mol. The van der Waals surface area contributed by atoms with Crippen LogP contribution in [0.4, 0.5) is 5.69 Å². The van der Waals surface area contributed by atoms with E-state index in [1.54, 1.807) is 0 Å². The summed E-state index contributed by atoms with van der Waals surface area (Å²) in [5.41, 5.74) is 1.91. The molecule has 1 aliphatic carbocycles. The second-order valence-corrected chi connectivity index (χ2v) is 9.86. The summed E-state index contributed by atoms with van der Waals surface area (Å²) in [7, 11) is 3.99. The summed E-state index contributed by atoms with van der Waals surface area (Å²) >= 11 is 13.0. The van der Waals surface area contributed by atoms with E-state index in [9.17, 15) is 4.79 Å².